The number of rotatable bonds is 2. The van der Waals surface area contributed by atoms with Crippen LogP contribution in [0.25, 0.3) is 0 Å². The van der Waals surface area contributed by atoms with Gasteiger partial charge in [-0.05, 0) is 43.0 Å². The van der Waals surface area contributed by atoms with Crippen LogP contribution in [0.5, 0.6) is 0 Å². The van der Waals surface area contributed by atoms with Gasteiger partial charge in [0.15, 0.2) is 9.84 Å². The molecule has 0 amide bonds. The summed E-state index contributed by atoms with van der Waals surface area (Å²) in [6.07, 6.45) is 1.58. The Bertz CT molecular complexity index is 615. The summed E-state index contributed by atoms with van der Waals surface area (Å²) in [7, 11) is -2.95. The number of sulfone groups is 1. The molecule has 3 rings (SSSR count). The molecule has 20 heavy (non-hydrogen) atoms. The first-order valence-corrected chi connectivity index (χ1v) is 9.03. The number of β-amino-alcohol motifs (C(OH)–C–C–N with tert-alkyl or cyclic N) is 1. The van der Waals surface area contributed by atoms with Crippen molar-refractivity contribution in [2.24, 2.45) is 0 Å². The summed E-state index contributed by atoms with van der Waals surface area (Å²) in [5, 5.41) is 11.3. The summed E-state index contributed by atoms with van der Waals surface area (Å²) < 4.78 is 22.9. The number of hydrogen-bond donors (Lipinski definition) is 1. The third-order valence-electron chi connectivity index (χ3n) is 4.28. The second-order valence-electron chi connectivity index (χ2n) is 5.82. The van der Waals surface area contributed by atoms with Crippen molar-refractivity contribution in [3.8, 4) is 0 Å². The summed E-state index contributed by atoms with van der Waals surface area (Å²) in [5.74, 6) is 0.176. The minimum atomic E-state index is -2.95. The highest BCUT2D eigenvalue weighted by Gasteiger charge is 2.38. The van der Waals surface area contributed by atoms with Crippen LogP contribution < -0.4 is 4.90 Å². The van der Waals surface area contributed by atoms with Gasteiger partial charge in [0.25, 0.3) is 0 Å². The lowest BCUT2D eigenvalue weighted by Crippen LogP contribution is -2.48. The molecule has 1 saturated heterocycles. The smallest absolute Gasteiger partial charge is 0.150 e. The van der Waals surface area contributed by atoms with Gasteiger partial charge in [-0.15, -0.1) is 0 Å². The summed E-state index contributed by atoms with van der Waals surface area (Å²) in [5.41, 5.74) is 1.41. The zero-order valence-corrected chi connectivity index (χ0v) is 12.8. The van der Waals surface area contributed by atoms with Gasteiger partial charge in [0, 0.05) is 23.8 Å². The topological polar surface area (TPSA) is 57.6 Å². The van der Waals surface area contributed by atoms with Crippen LogP contribution in [0.4, 0.5) is 5.69 Å². The number of aliphatic hydroxyl groups is 1. The van der Waals surface area contributed by atoms with Crippen LogP contribution in [0.2, 0.25) is 5.02 Å². The van der Waals surface area contributed by atoms with Crippen LogP contribution >= 0.6 is 11.6 Å². The molecule has 0 aliphatic carbocycles. The predicted molar refractivity (Wildman–Crippen MR) is 80.2 cm³/mol. The lowest BCUT2D eigenvalue weighted by atomic mass is 9.96. The maximum atomic E-state index is 11.5. The van der Waals surface area contributed by atoms with Crippen LogP contribution in [0, 0.1) is 0 Å². The van der Waals surface area contributed by atoms with E-state index in [9.17, 15) is 13.5 Å². The summed E-state index contributed by atoms with van der Waals surface area (Å²) >= 11 is 5.99. The Morgan fingerprint density at radius 1 is 1.30 bits per heavy atom. The Morgan fingerprint density at radius 2 is 2.00 bits per heavy atom. The van der Waals surface area contributed by atoms with E-state index in [1.807, 2.05) is 18.2 Å². The van der Waals surface area contributed by atoms with Crippen molar-refractivity contribution in [2.45, 2.75) is 24.9 Å². The van der Waals surface area contributed by atoms with Crippen molar-refractivity contribution >= 4 is 27.1 Å². The second kappa shape index (κ2) is 4.90. The fourth-order valence-electron chi connectivity index (χ4n) is 3.03. The first kappa shape index (κ1) is 14.2. The Kier molecular flexibility index (Phi) is 3.47. The van der Waals surface area contributed by atoms with E-state index in [1.165, 1.54) is 5.56 Å². The van der Waals surface area contributed by atoms with E-state index in [-0.39, 0.29) is 11.5 Å². The van der Waals surface area contributed by atoms with E-state index in [0.29, 0.717) is 19.4 Å². The van der Waals surface area contributed by atoms with Crippen LogP contribution in [-0.2, 0) is 16.3 Å². The average molecular weight is 316 g/mol. The monoisotopic (exact) mass is 315 g/mol. The molecule has 0 atom stereocenters. The van der Waals surface area contributed by atoms with Gasteiger partial charge in [-0.3, -0.25) is 0 Å². The largest absolute Gasteiger partial charge is 0.388 e. The standard InChI is InChI=1S/C14H18ClNO3S/c15-12-1-2-13-11(9-12)3-6-16(13)10-14(17)4-7-20(18,19)8-5-14/h1-2,9,17H,3-8,10H2. The molecule has 2 aliphatic heterocycles. The summed E-state index contributed by atoms with van der Waals surface area (Å²) in [6, 6.07) is 5.80. The third-order valence-corrected chi connectivity index (χ3v) is 6.16. The number of hydrogen-bond acceptors (Lipinski definition) is 4. The number of benzene rings is 1. The number of anilines is 1. The van der Waals surface area contributed by atoms with Gasteiger partial charge < -0.3 is 10.0 Å². The second-order valence-corrected chi connectivity index (χ2v) is 8.56. The van der Waals surface area contributed by atoms with E-state index in [2.05, 4.69) is 4.90 Å². The number of fused-ring (bicyclic) bond motifs is 1. The maximum absolute atomic E-state index is 11.5. The molecule has 2 heterocycles. The third kappa shape index (κ3) is 2.80. The molecular formula is C14H18ClNO3S. The highest BCUT2D eigenvalue weighted by atomic mass is 35.5. The molecule has 1 aromatic carbocycles. The molecule has 4 nitrogen and oxygen atoms in total. The van der Waals surface area contributed by atoms with Crippen molar-refractivity contribution in [1.82, 2.24) is 0 Å². The van der Waals surface area contributed by atoms with Gasteiger partial charge in [-0.25, -0.2) is 8.42 Å². The van der Waals surface area contributed by atoms with E-state index in [1.54, 1.807) is 0 Å². The van der Waals surface area contributed by atoms with Gasteiger partial charge in [-0.2, -0.15) is 0 Å². The van der Waals surface area contributed by atoms with Crippen molar-refractivity contribution in [3.63, 3.8) is 0 Å². The first-order valence-electron chi connectivity index (χ1n) is 6.83. The molecule has 0 saturated carbocycles. The molecule has 2 aliphatic rings. The van der Waals surface area contributed by atoms with Crippen LogP contribution in [0.15, 0.2) is 18.2 Å². The van der Waals surface area contributed by atoms with Crippen LogP contribution in [0.1, 0.15) is 18.4 Å². The fourth-order valence-corrected chi connectivity index (χ4v) is 4.82. The van der Waals surface area contributed by atoms with Gasteiger partial charge in [0.05, 0.1) is 17.1 Å². The Labute approximate surface area is 124 Å². The van der Waals surface area contributed by atoms with Crippen molar-refractivity contribution in [2.75, 3.05) is 29.5 Å². The SMILES string of the molecule is O=S1(=O)CCC(O)(CN2CCc3cc(Cl)ccc32)CC1. The molecule has 6 heteroatoms. The molecule has 1 N–H and O–H groups in total. The minimum absolute atomic E-state index is 0.0881. The molecule has 0 bridgehead atoms. The molecular weight excluding hydrogens is 298 g/mol. The summed E-state index contributed by atoms with van der Waals surface area (Å²) in [6.45, 7) is 1.35. The minimum Gasteiger partial charge on any atom is -0.388 e. The Morgan fingerprint density at radius 3 is 2.70 bits per heavy atom. The molecule has 0 spiro atoms. The van der Waals surface area contributed by atoms with Gasteiger partial charge >= 0.3 is 0 Å². The molecule has 1 aromatic rings. The lowest BCUT2D eigenvalue weighted by molar-refractivity contribution is 0.0377. The Balaban J connectivity index is 1.74. The fraction of sp³-hybridized carbons (Fsp3) is 0.571. The lowest BCUT2D eigenvalue weighted by Gasteiger charge is -2.36. The predicted octanol–water partition coefficient (Wildman–Crippen LogP) is 1.64. The zero-order chi connectivity index (χ0) is 14.4. The quantitative estimate of drug-likeness (QED) is 0.901. The van der Waals surface area contributed by atoms with Gasteiger partial charge in [0.1, 0.15) is 0 Å². The van der Waals surface area contributed by atoms with E-state index in [4.69, 9.17) is 11.6 Å². The molecule has 0 aromatic heterocycles. The van der Waals surface area contributed by atoms with Crippen molar-refractivity contribution in [3.05, 3.63) is 28.8 Å². The molecule has 0 radical (unpaired) electrons. The first-order chi connectivity index (χ1) is 9.37. The number of halogens is 1. The highest BCUT2D eigenvalue weighted by molar-refractivity contribution is 7.91. The molecule has 0 unspecified atom stereocenters. The zero-order valence-electron chi connectivity index (χ0n) is 11.2. The molecule has 1 fully saturated rings. The van der Waals surface area contributed by atoms with E-state index >= 15 is 0 Å². The van der Waals surface area contributed by atoms with Crippen LogP contribution in [0.3, 0.4) is 0 Å². The van der Waals surface area contributed by atoms with Crippen molar-refractivity contribution < 1.29 is 13.5 Å². The van der Waals surface area contributed by atoms with Crippen LogP contribution in [-0.4, -0.2) is 43.7 Å². The Hall–Kier alpha value is -0.780. The van der Waals surface area contributed by atoms with Crippen molar-refractivity contribution in [1.29, 1.82) is 0 Å². The maximum Gasteiger partial charge on any atom is 0.150 e. The summed E-state index contributed by atoms with van der Waals surface area (Å²) in [4.78, 5) is 2.14. The highest BCUT2D eigenvalue weighted by Crippen LogP contribution is 2.33. The number of nitrogens with zero attached hydrogens (tertiary/aromatic N) is 1. The van der Waals surface area contributed by atoms with E-state index < -0.39 is 15.4 Å². The molecule has 110 valence electrons. The van der Waals surface area contributed by atoms with E-state index in [0.717, 1.165) is 23.7 Å². The normalized spacial score (nSPS) is 23.6. The van der Waals surface area contributed by atoms with Gasteiger partial charge in [0.2, 0.25) is 0 Å². The van der Waals surface area contributed by atoms with Gasteiger partial charge in [-0.1, -0.05) is 11.6 Å². The average Bonchev–Trinajstić information content (AvgIpc) is 2.76.